The molecule has 9 heteroatoms. The minimum absolute atomic E-state index is 0.0513. The zero-order valence-corrected chi connectivity index (χ0v) is 20.2. The van der Waals surface area contributed by atoms with Gasteiger partial charge in [-0.15, -0.1) is 10.2 Å². The van der Waals surface area contributed by atoms with Crippen LogP contribution >= 0.6 is 11.8 Å². The number of carbonyl (C=O) groups excluding carboxylic acids is 1. The number of aromatic nitrogens is 3. The van der Waals surface area contributed by atoms with E-state index < -0.39 is 5.54 Å². The first-order valence-electron chi connectivity index (χ1n) is 12.2. The average molecular weight is 495 g/mol. The summed E-state index contributed by atoms with van der Waals surface area (Å²) in [6, 6.07) is 12.9. The second-order valence-electron chi connectivity index (χ2n) is 9.37. The Labute approximate surface area is 207 Å². The molecule has 2 aliphatic carbocycles. The van der Waals surface area contributed by atoms with Crippen LogP contribution in [0.25, 0.3) is 11.4 Å². The molecule has 1 aromatic heterocycles. The molecule has 2 heterocycles. The Kier molecular flexibility index (Phi) is 5.88. The van der Waals surface area contributed by atoms with Gasteiger partial charge in [-0.05, 0) is 55.5 Å². The molecular formula is C26H27FN4O3S. The number of hydrogen-bond donors (Lipinski definition) is 1. The highest BCUT2D eigenvalue weighted by molar-refractivity contribution is 7.99. The van der Waals surface area contributed by atoms with Gasteiger partial charge in [-0.25, -0.2) is 4.39 Å². The molecule has 0 bridgehead atoms. The lowest BCUT2D eigenvalue weighted by Crippen LogP contribution is -2.44. The SMILES string of the molecule is O=C(CSc1nnc(-c2ccccc2F)n1C1CC1)NC1(c2ccc3c(c2)OCCO3)CCCC1. The third-order valence-electron chi connectivity index (χ3n) is 6.95. The van der Waals surface area contributed by atoms with E-state index in [1.165, 1.54) is 17.8 Å². The minimum atomic E-state index is -0.407. The molecule has 0 radical (unpaired) electrons. The monoisotopic (exact) mass is 494 g/mol. The van der Waals surface area contributed by atoms with E-state index in [2.05, 4.69) is 15.5 Å². The van der Waals surface area contributed by atoms with Gasteiger partial charge in [0.1, 0.15) is 19.0 Å². The van der Waals surface area contributed by atoms with E-state index in [0.717, 1.165) is 55.6 Å². The summed E-state index contributed by atoms with van der Waals surface area (Å²) in [5.41, 5.74) is 1.09. The lowest BCUT2D eigenvalue weighted by atomic mass is 9.87. The van der Waals surface area contributed by atoms with Crippen LogP contribution in [0.1, 0.15) is 50.1 Å². The highest BCUT2D eigenvalue weighted by Gasteiger charge is 2.38. The van der Waals surface area contributed by atoms with Gasteiger partial charge in [-0.3, -0.25) is 9.36 Å². The van der Waals surface area contributed by atoms with Crippen LogP contribution in [0, 0.1) is 5.82 Å². The highest BCUT2D eigenvalue weighted by Crippen LogP contribution is 2.43. The maximum atomic E-state index is 14.4. The zero-order valence-electron chi connectivity index (χ0n) is 19.3. The number of nitrogens with zero attached hydrogens (tertiary/aromatic N) is 3. The lowest BCUT2D eigenvalue weighted by molar-refractivity contribution is -0.120. The Morgan fingerprint density at radius 3 is 2.63 bits per heavy atom. The number of fused-ring (bicyclic) bond motifs is 1. The third-order valence-corrected chi connectivity index (χ3v) is 7.90. The van der Waals surface area contributed by atoms with Crippen molar-refractivity contribution in [2.45, 2.75) is 55.3 Å². The molecule has 1 aliphatic heterocycles. The van der Waals surface area contributed by atoms with Crippen LogP contribution in [-0.4, -0.2) is 39.6 Å². The van der Waals surface area contributed by atoms with E-state index in [4.69, 9.17) is 9.47 Å². The van der Waals surface area contributed by atoms with Crippen LogP contribution in [0.4, 0.5) is 4.39 Å². The van der Waals surface area contributed by atoms with E-state index >= 15 is 0 Å². The largest absolute Gasteiger partial charge is 0.486 e. The Bertz CT molecular complexity index is 1250. The van der Waals surface area contributed by atoms with Crippen molar-refractivity contribution in [3.63, 3.8) is 0 Å². The normalized spacial score (nSPS) is 18.4. The van der Waals surface area contributed by atoms with E-state index in [1.807, 2.05) is 22.8 Å². The molecule has 2 saturated carbocycles. The highest BCUT2D eigenvalue weighted by atomic mass is 32.2. The van der Waals surface area contributed by atoms with Crippen LogP contribution in [0.2, 0.25) is 0 Å². The van der Waals surface area contributed by atoms with Crippen molar-refractivity contribution in [2.24, 2.45) is 0 Å². The summed E-state index contributed by atoms with van der Waals surface area (Å²) >= 11 is 1.36. The lowest BCUT2D eigenvalue weighted by Gasteiger charge is -2.32. The van der Waals surface area contributed by atoms with Gasteiger partial charge in [-0.1, -0.05) is 42.8 Å². The Balaban J connectivity index is 1.19. The summed E-state index contributed by atoms with van der Waals surface area (Å²) < 4.78 is 27.9. The molecule has 35 heavy (non-hydrogen) atoms. The predicted molar refractivity (Wildman–Crippen MR) is 130 cm³/mol. The first-order chi connectivity index (χ1) is 17.1. The summed E-state index contributed by atoms with van der Waals surface area (Å²) in [4.78, 5) is 13.2. The second kappa shape index (κ2) is 9.18. The summed E-state index contributed by atoms with van der Waals surface area (Å²) in [6.07, 6.45) is 5.91. The van der Waals surface area contributed by atoms with E-state index in [9.17, 15) is 9.18 Å². The number of benzene rings is 2. The van der Waals surface area contributed by atoms with Crippen LogP contribution in [0.15, 0.2) is 47.6 Å². The fourth-order valence-corrected chi connectivity index (χ4v) is 5.91. The molecule has 1 N–H and O–H groups in total. The Morgan fingerprint density at radius 2 is 1.86 bits per heavy atom. The number of hydrogen-bond acceptors (Lipinski definition) is 6. The van der Waals surface area contributed by atoms with Gasteiger partial charge in [0.2, 0.25) is 5.91 Å². The molecular weight excluding hydrogens is 467 g/mol. The van der Waals surface area contributed by atoms with Gasteiger partial charge in [0.05, 0.1) is 16.9 Å². The van der Waals surface area contributed by atoms with Gasteiger partial charge in [0, 0.05) is 6.04 Å². The average Bonchev–Trinajstić information content (AvgIpc) is 3.45. The number of amides is 1. The molecule has 2 fully saturated rings. The van der Waals surface area contributed by atoms with Crippen LogP contribution < -0.4 is 14.8 Å². The van der Waals surface area contributed by atoms with Crippen molar-refractivity contribution in [1.29, 1.82) is 0 Å². The van der Waals surface area contributed by atoms with Gasteiger partial charge >= 0.3 is 0 Å². The van der Waals surface area contributed by atoms with Gasteiger partial charge in [0.15, 0.2) is 22.5 Å². The molecule has 2 aromatic carbocycles. The maximum absolute atomic E-state index is 14.4. The molecule has 3 aromatic rings. The van der Waals surface area contributed by atoms with Crippen molar-refractivity contribution in [1.82, 2.24) is 20.1 Å². The molecule has 6 rings (SSSR count). The zero-order chi connectivity index (χ0) is 23.8. The molecule has 0 unspecified atom stereocenters. The Hall–Kier alpha value is -3.07. The molecule has 0 spiro atoms. The first-order valence-corrected chi connectivity index (χ1v) is 13.2. The van der Waals surface area contributed by atoms with Crippen LogP contribution in [0.3, 0.4) is 0 Å². The van der Waals surface area contributed by atoms with Crippen molar-refractivity contribution >= 4 is 17.7 Å². The summed E-state index contributed by atoms with van der Waals surface area (Å²) in [7, 11) is 0. The van der Waals surface area contributed by atoms with E-state index in [1.54, 1.807) is 18.2 Å². The van der Waals surface area contributed by atoms with E-state index in [0.29, 0.717) is 29.8 Å². The summed E-state index contributed by atoms with van der Waals surface area (Å²) in [5, 5.41) is 12.6. The number of ether oxygens (including phenoxy) is 2. The van der Waals surface area contributed by atoms with E-state index in [-0.39, 0.29) is 23.5 Å². The molecule has 0 atom stereocenters. The number of thioether (sulfide) groups is 1. The number of nitrogens with one attached hydrogen (secondary N) is 1. The fraction of sp³-hybridized carbons (Fsp3) is 0.423. The molecule has 7 nitrogen and oxygen atoms in total. The topological polar surface area (TPSA) is 78.3 Å². The summed E-state index contributed by atoms with van der Waals surface area (Å²) in [5.74, 6) is 1.86. The standard InChI is InChI=1S/C26H27FN4O3S/c27-20-6-2-1-5-19(20)24-29-30-25(31(24)18-8-9-18)35-16-23(32)28-26(11-3-4-12-26)17-7-10-21-22(15-17)34-14-13-33-21/h1-2,5-7,10,15,18H,3-4,8-9,11-14,16H2,(H,28,32). The second-order valence-corrected chi connectivity index (χ2v) is 10.3. The maximum Gasteiger partial charge on any atom is 0.231 e. The minimum Gasteiger partial charge on any atom is -0.486 e. The number of rotatable bonds is 7. The summed E-state index contributed by atoms with van der Waals surface area (Å²) in [6.45, 7) is 1.08. The number of halogens is 1. The van der Waals surface area contributed by atoms with Crippen LogP contribution in [0.5, 0.6) is 11.5 Å². The van der Waals surface area contributed by atoms with Crippen molar-refractivity contribution < 1.29 is 18.7 Å². The smallest absolute Gasteiger partial charge is 0.231 e. The fourth-order valence-electron chi connectivity index (χ4n) is 5.10. The first kappa shape index (κ1) is 22.4. The molecule has 1 amide bonds. The van der Waals surface area contributed by atoms with Gasteiger partial charge in [0.25, 0.3) is 0 Å². The Morgan fingerprint density at radius 1 is 1.09 bits per heavy atom. The van der Waals surface area contributed by atoms with Gasteiger partial charge in [-0.2, -0.15) is 0 Å². The van der Waals surface area contributed by atoms with Gasteiger partial charge < -0.3 is 14.8 Å². The third kappa shape index (κ3) is 4.37. The quantitative estimate of drug-likeness (QED) is 0.473. The molecule has 0 saturated heterocycles. The van der Waals surface area contributed by atoms with Crippen molar-refractivity contribution in [3.8, 4) is 22.9 Å². The molecule has 3 aliphatic rings. The number of carbonyl (C=O) groups is 1. The van der Waals surface area contributed by atoms with Crippen LogP contribution in [-0.2, 0) is 10.3 Å². The predicted octanol–water partition coefficient (Wildman–Crippen LogP) is 4.87. The van der Waals surface area contributed by atoms with Crippen molar-refractivity contribution in [2.75, 3.05) is 19.0 Å². The van der Waals surface area contributed by atoms with Crippen molar-refractivity contribution in [3.05, 3.63) is 53.8 Å². The molecule has 182 valence electrons.